The number of hydrogen-bond donors (Lipinski definition) is 1. The van der Waals surface area contributed by atoms with E-state index in [-0.39, 0.29) is 6.54 Å². The first-order valence-corrected chi connectivity index (χ1v) is 6.48. The quantitative estimate of drug-likeness (QED) is 0.771. The molecule has 0 radical (unpaired) electrons. The van der Waals surface area contributed by atoms with Crippen molar-refractivity contribution in [1.82, 2.24) is 10.2 Å². The highest BCUT2D eigenvalue weighted by Crippen LogP contribution is 2.21. The SMILES string of the molecule is CC[C@@H](N[C@H]1CCCN(CC(F)(F)F)C1=O)C(=O)OC. The molecular weight excluding hydrogens is 277 g/mol. The standard InChI is InChI=1S/C12H19F3N2O3/c1-3-8(11(19)20-2)16-9-5-4-6-17(10(9)18)7-12(13,14)15/h8-9,16H,3-7H2,1-2H3/t8-,9+/m1/s1. The van der Waals surface area contributed by atoms with Crippen LogP contribution in [0.15, 0.2) is 0 Å². The van der Waals surface area contributed by atoms with Crippen molar-refractivity contribution in [2.75, 3.05) is 20.2 Å². The molecule has 1 rings (SSSR count). The number of alkyl halides is 3. The van der Waals surface area contributed by atoms with E-state index in [0.29, 0.717) is 19.3 Å². The Labute approximate surface area is 115 Å². The molecule has 0 aromatic carbocycles. The minimum absolute atomic E-state index is 0.0888. The van der Waals surface area contributed by atoms with Crippen molar-refractivity contribution in [2.24, 2.45) is 0 Å². The summed E-state index contributed by atoms with van der Waals surface area (Å²) in [6.07, 6.45) is -3.13. The summed E-state index contributed by atoms with van der Waals surface area (Å²) in [7, 11) is 1.23. The molecule has 1 saturated heterocycles. The zero-order chi connectivity index (χ0) is 15.3. The predicted octanol–water partition coefficient (Wildman–Crippen LogP) is 1.08. The summed E-state index contributed by atoms with van der Waals surface area (Å²) in [6.45, 7) is 0.569. The lowest BCUT2D eigenvalue weighted by Gasteiger charge is -2.34. The zero-order valence-corrected chi connectivity index (χ0v) is 11.5. The van der Waals surface area contributed by atoms with Gasteiger partial charge in [-0.05, 0) is 19.3 Å². The molecule has 0 aromatic rings. The number of methoxy groups -OCH3 is 1. The van der Waals surface area contributed by atoms with Gasteiger partial charge < -0.3 is 9.64 Å². The minimum atomic E-state index is -4.41. The summed E-state index contributed by atoms with van der Waals surface area (Å²) in [4.78, 5) is 24.2. The van der Waals surface area contributed by atoms with Crippen molar-refractivity contribution in [3.05, 3.63) is 0 Å². The van der Waals surface area contributed by atoms with Crippen LogP contribution in [0.2, 0.25) is 0 Å². The number of rotatable bonds is 5. The molecule has 0 aromatic heterocycles. The topological polar surface area (TPSA) is 58.6 Å². The van der Waals surface area contributed by atoms with Gasteiger partial charge in [-0.25, -0.2) is 0 Å². The van der Waals surface area contributed by atoms with Gasteiger partial charge in [-0.3, -0.25) is 14.9 Å². The van der Waals surface area contributed by atoms with Gasteiger partial charge in [-0.2, -0.15) is 13.2 Å². The Balaban J connectivity index is 2.66. The molecular formula is C12H19F3N2O3. The third-order valence-corrected chi connectivity index (χ3v) is 3.20. The van der Waals surface area contributed by atoms with Crippen molar-refractivity contribution in [3.8, 4) is 0 Å². The number of nitrogens with one attached hydrogen (secondary N) is 1. The predicted molar refractivity (Wildman–Crippen MR) is 64.9 cm³/mol. The van der Waals surface area contributed by atoms with E-state index in [4.69, 9.17) is 0 Å². The summed E-state index contributed by atoms with van der Waals surface area (Å²) in [5, 5.41) is 2.79. The maximum Gasteiger partial charge on any atom is 0.406 e. The fourth-order valence-corrected chi connectivity index (χ4v) is 2.21. The monoisotopic (exact) mass is 296 g/mol. The molecule has 1 heterocycles. The Bertz CT molecular complexity index is 360. The van der Waals surface area contributed by atoms with Crippen molar-refractivity contribution in [3.63, 3.8) is 0 Å². The lowest BCUT2D eigenvalue weighted by atomic mass is 10.0. The Hall–Kier alpha value is -1.31. The van der Waals surface area contributed by atoms with Gasteiger partial charge in [0, 0.05) is 6.54 Å². The minimum Gasteiger partial charge on any atom is -0.468 e. The highest BCUT2D eigenvalue weighted by Gasteiger charge is 2.38. The largest absolute Gasteiger partial charge is 0.468 e. The summed E-state index contributed by atoms with van der Waals surface area (Å²) in [5.41, 5.74) is 0. The molecule has 1 fully saturated rings. The fourth-order valence-electron chi connectivity index (χ4n) is 2.21. The smallest absolute Gasteiger partial charge is 0.406 e. The number of piperidine rings is 1. The van der Waals surface area contributed by atoms with Crippen molar-refractivity contribution >= 4 is 11.9 Å². The molecule has 0 spiro atoms. The maximum atomic E-state index is 12.4. The first kappa shape index (κ1) is 16.7. The van der Waals surface area contributed by atoms with E-state index < -0.39 is 36.7 Å². The lowest BCUT2D eigenvalue weighted by Crippen LogP contribution is -2.56. The Kier molecular flexibility index (Phi) is 5.79. The number of carbonyl (C=O) groups excluding carboxylic acids is 2. The fraction of sp³-hybridized carbons (Fsp3) is 0.833. The van der Waals surface area contributed by atoms with Gasteiger partial charge in [0.25, 0.3) is 0 Å². The third-order valence-electron chi connectivity index (χ3n) is 3.20. The number of nitrogens with zero attached hydrogens (tertiary/aromatic N) is 1. The number of hydrogen-bond acceptors (Lipinski definition) is 4. The summed E-state index contributed by atoms with van der Waals surface area (Å²) in [6, 6.07) is -1.45. The number of halogens is 3. The van der Waals surface area contributed by atoms with Crippen LogP contribution >= 0.6 is 0 Å². The second-order valence-electron chi connectivity index (χ2n) is 4.72. The maximum absolute atomic E-state index is 12.4. The van der Waals surface area contributed by atoms with Crippen LogP contribution in [0.4, 0.5) is 13.2 Å². The van der Waals surface area contributed by atoms with Crippen LogP contribution in [0, 0.1) is 0 Å². The molecule has 0 aliphatic carbocycles. The average Bonchev–Trinajstić information content (AvgIpc) is 2.37. The number of esters is 1. The van der Waals surface area contributed by atoms with E-state index >= 15 is 0 Å². The number of amides is 1. The molecule has 0 unspecified atom stereocenters. The molecule has 116 valence electrons. The molecule has 5 nitrogen and oxygen atoms in total. The van der Waals surface area contributed by atoms with Gasteiger partial charge in [-0.15, -0.1) is 0 Å². The second-order valence-corrected chi connectivity index (χ2v) is 4.72. The number of likely N-dealkylation sites (tertiary alicyclic amines) is 1. The van der Waals surface area contributed by atoms with Crippen molar-refractivity contribution in [1.29, 1.82) is 0 Å². The molecule has 1 N–H and O–H groups in total. The molecule has 8 heteroatoms. The van der Waals surface area contributed by atoms with Gasteiger partial charge in [0.2, 0.25) is 5.91 Å². The summed E-state index contributed by atoms with van der Waals surface area (Å²) in [5.74, 6) is -1.14. The van der Waals surface area contributed by atoms with Crippen molar-refractivity contribution in [2.45, 2.75) is 44.4 Å². The number of carbonyl (C=O) groups is 2. The molecule has 1 amide bonds. The normalized spacial score (nSPS) is 21.8. The average molecular weight is 296 g/mol. The van der Waals surface area contributed by atoms with Crippen LogP contribution in [0.5, 0.6) is 0 Å². The number of ether oxygens (including phenoxy) is 1. The van der Waals surface area contributed by atoms with E-state index in [1.165, 1.54) is 7.11 Å². The van der Waals surface area contributed by atoms with Crippen LogP contribution < -0.4 is 5.32 Å². The Morgan fingerprint density at radius 2 is 2.20 bits per heavy atom. The van der Waals surface area contributed by atoms with Crippen LogP contribution in [0.25, 0.3) is 0 Å². The van der Waals surface area contributed by atoms with Crippen molar-refractivity contribution < 1.29 is 27.5 Å². The Morgan fingerprint density at radius 1 is 1.55 bits per heavy atom. The highest BCUT2D eigenvalue weighted by molar-refractivity contribution is 5.84. The van der Waals surface area contributed by atoms with E-state index in [0.717, 1.165) is 4.90 Å². The zero-order valence-electron chi connectivity index (χ0n) is 11.5. The first-order chi connectivity index (χ1) is 9.28. The van der Waals surface area contributed by atoms with Crippen LogP contribution in [-0.4, -0.2) is 55.2 Å². The van der Waals surface area contributed by atoms with E-state index in [1.807, 2.05) is 0 Å². The van der Waals surface area contributed by atoms with Gasteiger partial charge >= 0.3 is 12.1 Å². The molecule has 0 saturated carbocycles. The van der Waals surface area contributed by atoms with Crippen LogP contribution in [-0.2, 0) is 14.3 Å². The molecule has 2 atom stereocenters. The highest BCUT2D eigenvalue weighted by atomic mass is 19.4. The summed E-state index contributed by atoms with van der Waals surface area (Å²) < 4.78 is 41.7. The van der Waals surface area contributed by atoms with Gasteiger partial charge in [0.1, 0.15) is 12.6 Å². The van der Waals surface area contributed by atoms with Gasteiger partial charge in [-0.1, -0.05) is 6.92 Å². The van der Waals surface area contributed by atoms with Gasteiger partial charge in [0.05, 0.1) is 13.2 Å². The molecule has 1 aliphatic rings. The van der Waals surface area contributed by atoms with E-state index in [9.17, 15) is 22.8 Å². The molecule has 1 aliphatic heterocycles. The van der Waals surface area contributed by atoms with E-state index in [1.54, 1.807) is 6.92 Å². The Morgan fingerprint density at radius 3 is 2.70 bits per heavy atom. The van der Waals surface area contributed by atoms with E-state index in [2.05, 4.69) is 10.1 Å². The lowest BCUT2D eigenvalue weighted by molar-refractivity contribution is -0.165. The first-order valence-electron chi connectivity index (χ1n) is 6.48. The molecule has 20 heavy (non-hydrogen) atoms. The van der Waals surface area contributed by atoms with Gasteiger partial charge in [0.15, 0.2) is 0 Å². The van der Waals surface area contributed by atoms with Crippen LogP contribution in [0.3, 0.4) is 0 Å². The third kappa shape index (κ3) is 4.66. The molecule has 0 bridgehead atoms. The second kappa shape index (κ2) is 6.92. The summed E-state index contributed by atoms with van der Waals surface area (Å²) >= 11 is 0. The van der Waals surface area contributed by atoms with Crippen LogP contribution in [0.1, 0.15) is 26.2 Å².